The van der Waals surface area contributed by atoms with Gasteiger partial charge in [-0.3, -0.25) is 10.1 Å². The van der Waals surface area contributed by atoms with Gasteiger partial charge < -0.3 is 5.32 Å². The van der Waals surface area contributed by atoms with Crippen LogP contribution < -0.4 is 10.6 Å². The van der Waals surface area contributed by atoms with Crippen LogP contribution in [0.1, 0.15) is 47.0 Å². The highest BCUT2D eigenvalue weighted by Gasteiger charge is 2.38. The molecule has 3 nitrogen and oxygen atoms in total. The molecule has 1 rings (SSSR count). The topological polar surface area (TPSA) is 41.1 Å². The van der Waals surface area contributed by atoms with Crippen molar-refractivity contribution in [1.82, 2.24) is 10.6 Å². The number of amides is 1. The van der Waals surface area contributed by atoms with Gasteiger partial charge in [0.25, 0.3) is 0 Å². The van der Waals surface area contributed by atoms with Crippen LogP contribution in [0.4, 0.5) is 0 Å². The van der Waals surface area contributed by atoms with E-state index in [1.807, 2.05) is 0 Å². The molecule has 102 valence electrons. The normalized spacial score (nSPS) is 22.2. The zero-order chi connectivity index (χ0) is 13.8. The molecule has 0 aromatic rings. The van der Waals surface area contributed by atoms with Crippen molar-refractivity contribution in [3.63, 3.8) is 0 Å². The van der Waals surface area contributed by atoms with Gasteiger partial charge in [-0.1, -0.05) is 33.6 Å². The van der Waals surface area contributed by atoms with Crippen LogP contribution in [0.2, 0.25) is 0 Å². The average Bonchev–Trinajstić information content (AvgIpc) is 2.12. The van der Waals surface area contributed by atoms with E-state index in [1.165, 1.54) is 6.42 Å². The minimum atomic E-state index is 0.0451. The summed E-state index contributed by atoms with van der Waals surface area (Å²) in [5.41, 5.74) is 0.595. The Morgan fingerprint density at radius 1 is 1.28 bits per heavy atom. The Labute approximate surface area is 111 Å². The highest BCUT2D eigenvalue weighted by Crippen LogP contribution is 2.45. The number of hydrogen-bond acceptors (Lipinski definition) is 2. The van der Waals surface area contributed by atoms with E-state index in [1.54, 1.807) is 0 Å². The molecule has 1 saturated carbocycles. The van der Waals surface area contributed by atoms with Crippen molar-refractivity contribution in [2.24, 2.45) is 10.8 Å². The second kappa shape index (κ2) is 5.75. The molecule has 18 heavy (non-hydrogen) atoms. The first kappa shape index (κ1) is 15.0. The number of rotatable bonds is 4. The molecule has 0 spiro atoms. The van der Waals surface area contributed by atoms with Gasteiger partial charge in [-0.25, -0.2) is 0 Å². The molecule has 1 amide bonds. The van der Waals surface area contributed by atoms with E-state index in [4.69, 9.17) is 6.42 Å². The quantitative estimate of drug-likeness (QED) is 0.591. The molecule has 3 heteroatoms. The van der Waals surface area contributed by atoms with Crippen LogP contribution >= 0.6 is 0 Å². The number of hydrogen-bond donors (Lipinski definition) is 2. The minimum absolute atomic E-state index is 0.0451. The van der Waals surface area contributed by atoms with E-state index in [0.29, 0.717) is 23.9 Å². The first-order chi connectivity index (χ1) is 8.24. The maximum atomic E-state index is 11.8. The third-order valence-corrected chi connectivity index (χ3v) is 3.43. The van der Waals surface area contributed by atoms with Crippen molar-refractivity contribution in [2.75, 3.05) is 13.1 Å². The highest BCUT2D eigenvalue weighted by molar-refractivity contribution is 5.78. The molecule has 0 unspecified atom stereocenters. The van der Waals surface area contributed by atoms with E-state index in [-0.39, 0.29) is 11.9 Å². The third kappa shape index (κ3) is 5.10. The van der Waals surface area contributed by atoms with Gasteiger partial charge in [0.2, 0.25) is 5.91 Å². The lowest BCUT2D eigenvalue weighted by atomic mass is 9.63. The second-order valence-electron chi connectivity index (χ2n) is 6.99. The molecular weight excluding hydrogens is 224 g/mol. The summed E-state index contributed by atoms with van der Waals surface area (Å²) in [5, 5.41) is 6.04. The van der Waals surface area contributed by atoms with E-state index in [9.17, 15) is 4.79 Å². The van der Waals surface area contributed by atoms with Crippen molar-refractivity contribution in [1.29, 1.82) is 0 Å². The molecular formula is C15H26N2O. The van der Waals surface area contributed by atoms with Crippen LogP contribution in [-0.2, 0) is 4.79 Å². The van der Waals surface area contributed by atoms with Crippen molar-refractivity contribution in [3.05, 3.63) is 0 Å². The Balaban J connectivity index is 2.46. The second-order valence-corrected chi connectivity index (χ2v) is 6.99. The van der Waals surface area contributed by atoms with Gasteiger partial charge in [0.1, 0.15) is 0 Å². The first-order valence-corrected chi connectivity index (χ1v) is 6.68. The summed E-state index contributed by atoms with van der Waals surface area (Å²) in [6.45, 7) is 9.87. The number of carbonyl (C=O) groups is 1. The molecule has 2 N–H and O–H groups in total. The molecule has 0 radical (unpaired) electrons. The fraction of sp³-hybridized carbons (Fsp3) is 0.800. The average molecular weight is 250 g/mol. The fourth-order valence-corrected chi connectivity index (χ4v) is 3.48. The highest BCUT2D eigenvalue weighted by atomic mass is 16.1. The Kier molecular flexibility index (Phi) is 4.81. The maximum absolute atomic E-state index is 11.8. The van der Waals surface area contributed by atoms with Gasteiger partial charge in [-0.2, -0.15) is 0 Å². The van der Waals surface area contributed by atoms with Crippen LogP contribution in [0.3, 0.4) is 0 Å². The van der Waals surface area contributed by atoms with E-state index in [0.717, 1.165) is 12.8 Å². The van der Waals surface area contributed by atoms with Crippen LogP contribution in [0.15, 0.2) is 0 Å². The summed E-state index contributed by atoms with van der Waals surface area (Å²) in [6.07, 6.45) is 8.44. The van der Waals surface area contributed by atoms with Crippen LogP contribution in [0, 0.1) is 23.2 Å². The predicted octanol–water partition coefficient (Wildman–Crippen LogP) is 1.93. The monoisotopic (exact) mass is 250 g/mol. The largest absolute Gasteiger partial charge is 0.352 e. The summed E-state index contributed by atoms with van der Waals surface area (Å²) < 4.78 is 0. The Hall–Kier alpha value is -1.01. The van der Waals surface area contributed by atoms with E-state index in [2.05, 4.69) is 44.2 Å². The van der Waals surface area contributed by atoms with E-state index < -0.39 is 0 Å². The molecule has 0 bridgehead atoms. The van der Waals surface area contributed by atoms with Crippen molar-refractivity contribution in [3.8, 4) is 12.3 Å². The Morgan fingerprint density at radius 2 is 1.83 bits per heavy atom. The standard InChI is InChI=1S/C15H26N2O/c1-6-7-16-10-13(18)17-12-8-14(2,3)11-15(4,5)9-12/h1,12,16H,7-11H2,2-5H3,(H,17,18). The summed E-state index contributed by atoms with van der Waals surface area (Å²) in [6, 6.07) is 0.281. The fourth-order valence-electron chi connectivity index (χ4n) is 3.48. The maximum Gasteiger partial charge on any atom is 0.234 e. The lowest BCUT2D eigenvalue weighted by molar-refractivity contribution is -0.121. The van der Waals surface area contributed by atoms with Crippen LogP contribution in [-0.4, -0.2) is 25.0 Å². The Bertz CT molecular complexity index is 323. The van der Waals surface area contributed by atoms with Crippen LogP contribution in [0.5, 0.6) is 0 Å². The molecule has 1 aliphatic carbocycles. The first-order valence-electron chi connectivity index (χ1n) is 6.68. The van der Waals surface area contributed by atoms with Gasteiger partial charge in [0, 0.05) is 6.04 Å². The summed E-state index contributed by atoms with van der Waals surface area (Å²) in [5.74, 6) is 2.51. The molecule has 1 fully saturated rings. The molecule has 0 aliphatic heterocycles. The smallest absolute Gasteiger partial charge is 0.234 e. The van der Waals surface area contributed by atoms with E-state index >= 15 is 0 Å². The lowest BCUT2D eigenvalue weighted by Gasteiger charge is -2.45. The van der Waals surface area contributed by atoms with Gasteiger partial charge in [0.15, 0.2) is 0 Å². The third-order valence-electron chi connectivity index (χ3n) is 3.43. The zero-order valence-corrected chi connectivity index (χ0v) is 12.1. The molecule has 0 atom stereocenters. The molecule has 1 aliphatic rings. The molecule has 0 heterocycles. The predicted molar refractivity (Wildman–Crippen MR) is 75.0 cm³/mol. The zero-order valence-electron chi connectivity index (χ0n) is 12.1. The Morgan fingerprint density at radius 3 is 2.33 bits per heavy atom. The minimum Gasteiger partial charge on any atom is -0.352 e. The number of terminal acetylenes is 1. The number of carbonyl (C=O) groups excluding carboxylic acids is 1. The van der Waals surface area contributed by atoms with Crippen LogP contribution in [0.25, 0.3) is 0 Å². The summed E-state index contributed by atoms with van der Waals surface area (Å²) in [4.78, 5) is 11.8. The van der Waals surface area contributed by atoms with Gasteiger partial charge >= 0.3 is 0 Å². The molecule has 0 saturated heterocycles. The van der Waals surface area contributed by atoms with Crippen molar-refractivity contribution < 1.29 is 4.79 Å². The van der Waals surface area contributed by atoms with Gasteiger partial charge in [-0.15, -0.1) is 6.42 Å². The SMILES string of the molecule is C#CCNCC(=O)NC1CC(C)(C)CC(C)(C)C1. The molecule has 0 aromatic carbocycles. The van der Waals surface area contributed by atoms with Gasteiger partial charge in [-0.05, 0) is 30.1 Å². The summed E-state index contributed by atoms with van der Waals surface area (Å²) in [7, 11) is 0. The van der Waals surface area contributed by atoms with Gasteiger partial charge in [0.05, 0.1) is 13.1 Å². The summed E-state index contributed by atoms with van der Waals surface area (Å²) >= 11 is 0. The molecule has 0 aromatic heterocycles. The lowest BCUT2D eigenvalue weighted by Crippen LogP contribution is -2.48. The van der Waals surface area contributed by atoms with Crippen molar-refractivity contribution in [2.45, 2.75) is 53.0 Å². The number of nitrogens with one attached hydrogen (secondary N) is 2. The van der Waals surface area contributed by atoms with Crippen molar-refractivity contribution >= 4 is 5.91 Å².